The van der Waals surface area contributed by atoms with Crippen molar-refractivity contribution in [2.75, 3.05) is 17.8 Å². The van der Waals surface area contributed by atoms with Crippen molar-refractivity contribution in [3.63, 3.8) is 0 Å². The number of fused-ring (bicyclic) bond motifs is 1. The van der Waals surface area contributed by atoms with Gasteiger partial charge in [-0.05, 0) is 40.5 Å². The number of carbonyl (C=O) groups is 1. The van der Waals surface area contributed by atoms with Gasteiger partial charge in [0.15, 0.2) is 0 Å². The molecule has 2 aliphatic heterocycles. The van der Waals surface area contributed by atoms with Crippen molar-refractivity contribution in [3.8, 4) is 0 Å². The lowest BCUT2D eigenvalue weighted by molar-refractivity contribution is -0.125. The summed E-state index contributed by atoms with van der Waals surface area (Å²) in [5.41, 5.74) is 2.31. The normalized spacial score (nSPS) is 20.3. The fraction of sp³-hybridized carbons (Fsp3) is 0.125. The summed E-state index contributed by atoms with van der Waals surface area (Å²) in [6, 6.07) is 24.2. The second kappa shape index (κ2) is 9.03. The van der Waals surface area contributed by atoms with Crippen LogP contribution in [0.3, 0.4) is 0 Å². The van der Waals surface area contributed by atoms with E-state index >= 15 is 0 Å². The molecule has 1 atom stereocenters. The van der Waals surface area contributed by atoms with Crippen LogP contribution in [-0.2, 0) is 32.1 Å². The minimum Gasteiger partial charge on any atom is -0.337 e. The zero-order chi connectivity index (χ0) is 23.9. The molecule has 1 unspecified atom stereocenters. The first-order chi connectivity index (χ1) is 16.3. The molecule has 34 heavy (non-hydrogen) atoms. The van der Waals surface area contributed by atoms with Gasteiger partial charge in [-0.15, -0.1) is 0 Å². The highest BCUT2D eigenvalue weighted by Crippen LogP contribution is 2.48. The first-order valence-corrected chi connectivity index (χ1v) is 14.2. The molecule has 0 radical (unpaired) electrons. The molecule has 0 bridgehead atoms. The number of amides is 1. The summed E-state index contributed by atoms with van der Waals surface area (Å²) in [5, 5.41) is 6.26. The molecule has 3 aromatic rings. The Bertz CT molecular complexity index is 1450. The molecular weight excluding hydrogens is 488 g/mol. The Kier molecular flexibility index (Phi) is 6.07. The highest BCUT2D eigenvalue weighted by molar-refractivity contribution is 8.05. The van der Waals surface area contributed by atoms with E-state index in [-0.39, 0.29) is 16.5 Å². The number of nitrogens with two attached hydrogens (primary N) is 1. The van der Waals surface area contributed by atoms with Crippen LogP contribution in [0.1, 0.15) is 5.56 Å². The minimum atomic E-state index is -3.96. The number of benzene rings is 3. The van der Waals surface area contributed by atoms with E-state index in [0.29, 0.717) is 17.3 Å². The molecule has 3 aromatic carbocycles. The summed E-state index contributed by atoms with van der Waals surface area (Å²) in [6.45, 7) is 0.452. The van der Waals surface area contributed by atoms with E-state index in [0.717, 1.165) is 21.2 Å². The Morgan fingerprint density at radius 1 is 1.00 bits per heavy atom. The molecule has 5 rings (SSSR count). The smallest absolute Gasteiger partial charge is 0.265 e. The van der Waals surface area contributed by atoms with Gasteiger partial charge in [-0.2, -0.15) is 0 Å². The Morgan fingerprint density at radius 2 is 1.68 bits per heavy atom. The molecule has 1 fully saturated rings. The van der Waals surface area contributed by atoms with E-state index in [2.05, 4.69) is 0 Å². The number of hydrogen-bond acceptors (Lipinski definition) is 6. The van der Waals surface area contributed by atoms with Gasteiger partial charge in [0.1, 0.15) is 14.8 Å². The van der Waals surface area contributed by atoms with Crippen LogP contribution < -0.4 is 10.0 Å². The van der Waals surface area contributed by atoms with Crippen LogP contribution >= 0.6 is 11.8 Å². The molecule has 0 spiro atoms. The van der Waals surface area contributed by atoms with Crippen LogP contribution in [0.5, 0.6) is 0 Å². The molecule has 7 nitrogen and oxygen atoms in total. The highest BCUT2D eigenvalue weighted by Gasteiger charge is 2.38. The molecule has 2 heterocycles. The number of rotatable bonds is 4. The van der Waals surface area contributed by atoms with Gasteiger partial charge in [0.2, 0.25) is 10.0 Å². The zero-order valence-corrected chi connectivity index (χ0v) is 20.7. The highest BCUT2D eigenvalue weighted by atomic mass is 32.2. The number of carbonyl (C=O) groups excluding carboxylic acids is 1. The predicted molar refractivity (Wildman–Crippen MR) is 137 cm³/mol. The third-order valence-electron chi connectivity index (χ3n) is 5.52. The maximum absolute atomic E-state index is 13.7. The Morgan fingerprint density at radius 3 is 2.41 bits per heavy atom. The number of nitrogens with zero attached hydrogens (tertiary/aromatic N) is 3. The van der Waals surface area contributed by atoms with Crippen molar-refractivity contribution in [2.24, 2.45) is 9.50 Å². The number of hydrogen-bond donors (Lipinski definition) is 1. The van der Waals surface area contributed by atoms with E-state index in [1.54, 1.807) is 23.1 Å². The van der Waals surface area contributed by atoms with Gasteiger partial charge < -0.3 is 9.80 Å². The number of sulfonamides is 1. The summed E-state index contributed by atoms with van der Waals surface area (Å²) >= 11 is 1.54. The number of primary sulfonamides is 1. The first-order valence-electron chi connectivity index (χ1n) is 10.5. The van der Waals surface area contributed by atoms with Crippen molar-refractivity contribution in [2.45, 2.75) is 16.3 Å². The van der Waals surface area contributed by atoms with Crippen molar-refractivity contribution < 1.29 is 13.2 Å². The topological polar surface area (TPSA) is 96.1 Å². The Balaban J connectivity index is 1.63. The maximum atomic E-state index is 13.7. The minimum absolute atomic E-state index is 0.0449. The maximum Gasteiger partial charge on any atom is 0.265 e. The van der Waals surface area contributed by atoms with Gasteiger partial charge in [-0.3, -0.25) is 4.79 Å². The van der Waals surface area contributed by atoms with Crippen molar-refractivity contribution in [1.29, 1.82) is 0 Å². The fourth-order valence-corrected chi connectivity index (χ4v) is 7.97. The quantitative estimate of drug-likeness (QED) is 0.531. The number of thioether (sulfide) groups is 1. The van der Waals surface area contributed by atoms with Crippen LogP contribution in [0.4, 0.5) is 11.4 Å². The van der Waals surface area contributed by atoms with Gasteiger partial charge >= 0.3 is 0 Å². The van der Waals surface area contributed by atoms with Crippen LogP contribution in [0.15, 0.2) is 103 Å². The standard InChI is InChI=1S/C24H22N4O3S3/c1-27-19-12-6-7-13-20(19)32-24(27)22-23(29)28(15-17-9-3-2-4-10-17)16-33(22)26-18-11-5-8-14-21(18)34(25,30)31/h2-14H,15-16H2,1H3,(H2,25,30,31)/b24-22-. The lowest BCUT2D eigenvalue weighted by Crippen LogP contribution is -2.25. The third kappa shape index (κ3) is 4.29. The SMILES string of the molecule is CN1/C(=C2\C(=O)N(Cc3ccccc3)CS2=Nc2ccccc2S(N)(=O)=O)Sc2ccccc21. The lowest BCUT2D eigenvalue weighted by atomic mass is 10.2. The van der Waals surface area contributed by atoms with Gasteiger partial charge in [0, 0.05) is 18.5 Å². The van der Waals surface area contributed by atoms with Gasteiger partial charge in [-0.25, -0.2) is 17.9 Å². The van der Waals surface area contributed by atoms with E-state index in [1.165, 1.54) is 17.8 Å². The summed E-state index contributed by atoms with van der Waals surface area (Å²) in [6.07, 6.45) is 0. The zero-order valence-electron chi connectivity index (χ0n) is 18.3. The van der Waals surface area contributed by atoms with Crippen molar-refractivity contribution >= 4 is 49.8 Å². The Labute approximate surface area is 205 Å². The van der Waals surface area contributed by atoms with E-state index in [9.17, 15) is 13.2 Å². The van der Waals surface area contributed by atoms with E-state index < -0.39 is 20.7 Å². The number of anilines is 1. The fourth-order valence-electron chi connectivity index (χ4n) is 3.90. The molecule has 1 saturated heterocycles. The summed E-state index contributed by atoms with van der Waals surface area (Å²) in [7, 11) is -2.92. The molecular formula is C24H22N4O3S3. The first kappa shape index (κ1) is 22.9. The van der Waals surface area contributed by atoms with Crippen LogP contribution in [0, 0.1) is 0 Å². The van der Waals surface area contributed by atoms with Crippen LogP contribution in [0.25, 0.3) is 0 Å². The predicted octanol–water partition coefficient (Wildman–Crippen LogP) is 4.18. The second-order valence-electron chi connectivity index (χ2n) is 7.85. The largest absolute Gasteiger partial charge is 0.337 e. The summed E-state index contributed by atoms with van der Waals surface area (Å²) in [5.74, 6) is 0.280. The monoisotopic (exact) mass is 510 g/mol. The number of para-hydroxylation sites is 1. The van der Waals surface area contributed by atoms with Gasteiger partial charge in [0.25, 0.3) is 5.91 Å². The van der Waals surface area contributed by atoms with Crippen LogP contribution in [-0.4, -0.2) is 32.1 Å². The van der Waals surface area contributed by atoms with Gasteiger partial charge in [-0.1, -0.05) is 66.4 Å². The van der Waals surface area contributed by atoms with Crippen LogP contribution in [0.2, 0.25) is 0 Å². The van der Waals surface area contributed by atoms with Gasteiger partial charge in [0.05, 0.1) is 17.3 Å². The molecule has 2 N–H and O–H groups in total. The van der Waals surface area contributed by atoms with E-state index in [4.69, 9.17) is 9.50 Å². The Hall–Kier alpha value is -2.92. The lowest BCUT2D eigenvalue weighted by Gasteiger charge is -2.16. The molecule has 1 amide bonds. The molecule has 0 saturated carbocycles. The molecule has 10 heteroatoms. The average Bonchev–Trinajstić information content (AvgIpc) is 3.30. The second-order valence-corrected chi connectivity index (χ2v) is 12.0. The molecule has 0 aliphatic carbocycles. The molecule has 0 aromatic heterocycles. The van der Waals surface area contributed by atoms with Crippen molar-refractivity contribution in [3.05, 3.63) is 94.4 Å². The average molecular weight is 511 g/mol. The third-order valence-corrected chi connectivity index (χ3v) is 9.66. The molecule has 2 aliphatic rings. The summed E-state index contributed by atoms with van der Waals surface area (Å²) in [4.78, 5) is 19.1. The van der Waals surface area contributed by atoms with E-state index in [1.807, 2.05) is 66.5 Å². The summed E-state index contributed by atoms with van der Waals surface area (Å²) < 4.78 is 29.1. The molecule has 174 valence electrons. The van der Waals surface area contributed by atoms with Crippen molar-refractivity contribution in [1.82, 2.24) is 4.90 Å².